The van der Waals surface area contributed by atoms with Crippen LogP contribution in [0.25, 0.3) is 0 Å². The average Bonchev–Trinajstić information content (AvgIpc) is 3.64. The fourth-order valence-electron chi connectivity index (χ4n) is 10.6. The van der Waals surface area contributed by atoms with Crippen molar-refractivity contribution in [1.29, 1.82) is 0 Å². The predicted molar refractivity (Wildman–Crippen MR) is 372 cm³/mol. The van der Waals surface area contributed by atoms with E-state index >= 15 is 0 Å². The van der Waals surface area contributed by atoms with Crippen LogP contribution in [0.15, 0.2) is 72.9 Å². The van der Waals surface area contributed by atoms with Crippen molar-refractivity contribution in [2.75, 3.05) is 47.5 Å². The highest BCUT2D eigenvalue weighted by molar-refractivity contribution is 7.47. The van der Waals surface area contributed by atoms with Crippen LogP contribution in [0.4, 0.5) is 0 Å². The van der Waals surface area contributed by atoms with E-state index in [0.717, 1.165) is 57.8 Å². The molecule has 0 saturated heterocycles. The summed E-state index contributed by atoms with van der Waals surface area (Å²) in [6.07, 6.45) is 90.1. The van der Waals surface area contributed by atoms with Gasteiger partial charge in [-0.25, -0.2) is 4.57 Å². The summed E-state index contributed by atoms with van der Waals surface area (Å²) in [7, 11) is 1.49. The zero-order valence-corrected chi connectivity index (χ0v) is 58.2. The molecule has 0 aliphatic heterocycles. The first kappa shape index (κ1) is 83.5. The number of unbranched alkanes of at least 4 members (excludes halogenated alkanes) is 42. The molecule has 0 radical (unpaired) electrons. The summed E-state index contributed by atoms with van der Waals surface area (Å²) in [4.78, 5) is 35.9. The summed E-state index contributed by atoms with van der Waals surface area (Å²) in [5.74, 6) is -0.784. The molecule has 0 heterocycles. The molecule has 10 heteroatoms. The van der Waals surface area contributed by atoms with Crippen LogP contribution in [0, 0.1) is 0 Å². The number of likely N-dealkylation sites (N-methyl/N-ethyl adjacent to an activating group) is 1. The van der Waals surface area contributed by atoms with Crippen LogP contribution < -0.4 is 0 Å². The third-order valence-corrected chi connectivity index (χ3v) is 17.2. The number of ether oxygens (including phenoxy) is 2. The second-order valence-corrected chi connectivity index (χ2v) is 27.4. The molecule has 0 amide bonds. The van der Waals surface area contributed by atoms with Crippen LogP contribution in [0.3, 0.4) is 0 Å². The first-order valence-corrected chi connectivity index (χ1v) is 38.2. The molecule has 0 saturated carbocycles. The molecule has 9 nitrogen and oxygen atoms in total. The maximum atomic E-state index is 12.9. The quantitative estimate of drug-likeness (QED) is 0.0211. The van der Waals surface area contributed by atoms with Crippen LogP contribution in [-0.2, 0) is 32.7 Å². The molecule has 0 bridgehead atoms. The third kappa shape index (κ3) is 70.5. The normalized spacial score (nSPS) is 13.5. The number of hydrogen-bond donors (Lipinski definition) is 1. The lowest BCUT2D eigenvalue weighted by Gasteiger charge is -2.24. The molecule has 0 aromatic carbocycles. The molecule has 0 aromatic heterocycles. The van der Waals surface area contributed by atoms with Crippen molar-refractivity contribution in [2.45, 2.75) is 354 Å². The number of allylic oxidation sites excluding steroid dienone is 12. The molecule has 86 heavy (non-hydrogen) atoms. The summed E-state index contributed by atoms with van der Waals surface area (Å²) < 4.78 is 34.8. The number of carbonyl (C=O) groups is 2. The fraction of sp³-hybridized carbons (Fsp3) is 0.816. The van der Waals surface area contributed by atoms with Crippen LogP contribution >= 0.6 is 7.82 Å². The smallest absolute Gasteiger partial charge is 0.462 e. The third-order valence-electron chi connectivity index (χ3n) is 16.2. The topological polar surface area (TPSA) is 108 Å². The lowest BCUT2D eigenvalue weighted by atomic mass is 10.0. The van der Waals surface area contributed by atoms with Gasteiger partial charge in [-0.2, -0.15) is 0 Å². The molecule has 0 rings (SSSR count). The van der Waals surface area contributed by atoms with E-state index in [1.54, 1.807) is 0 Å². The Morgan fingerprint density at radius 3 is 0.930 bits per heavy atom. The lowest BCUT2D eigenvalue weighted by Crippen LogP contribution is -2.37. The predicted octanol–water partition coefficient (Wildman–Crippen LogP) is 23.9. The Morgan fingerprint density at radius 1 is 0.360 bits per heavy atom. The van der Waals surface area contributed by atoms with Gasteiger partial charge in [0.15, 0.2) is 6.10 Å². The maximum Gasteiger partial charge on any atom is 0.472 e. The molecule has 0 fully saturated rings. The van der Waals surface area contributed by atoms with Crippen LogP contribution in [0.5, 0.6) is 0 Å². The largest absolute Gasteiger partial charge is 0.472 e. The molecule has 0 aliphatic rings. The van der Waals surface area contributed by atoms with Gasteiger partial charge < -0.3 is 18.9 Å². The van der Waals surface area contributed by atoms with E-state index in [9.17, 15) is 19.0 Å². The van der Waals surface area contributed by atoms with Gasteiger partial charge in [-0.3, -0.25) is 18.6 Å². The Hall–Kier alpha value is -2.55. The van der Waals surface area contributed by atoms with Gasteiger partial charge in [0.25, 0.3) is 0 Å². The first-order chi connectivity index (χ1) is 42.0. The molecular weight excluding hydrogens is 1090 g/mol. The summed E-state index contributed by atoms with van der Waals surface area (Å²) in [6.45, 7) is 4.46. The Labute approximate surface area is 533 Å². The molecule has 2 unspecified atom stereocenters. The molecule has 0 aliphatic carbocycles. The van der Waals surface area contributed by atoms with Crippen molar-refractivity contribution in [1.82, 2.24) is 0 Å². The van der Waals surface area contributed by atoms with Gasteiger partial charge in [0.2, 0.25) is 0 Å². The SMILES string of the molecule is CCCCCCC/C=C\C/C=C\C/C=C\CCCCCCCCCCCCCCCCCCC(=O)OCC(COP(=O)(O)OCC[N+](C)(C)C)OC(=O)CCCCCCCCCCCCCCCCCC/C=C\C/C=C\C/C=C\CCCCCCC. The summed E-state index contributed by atoms with van der Waals surface area (Å²) in [5, 5.41) is 0. The molecule has 1 N–H and O–H groups in total. The zero-order chi connectivity index (χ0) is 62.6. The number of rotatable bonds is 68. The number of phosphoric ester groups is 1. The van der Waals surface area contributed by atoms with Crippen molar-refractivity contribution in [2.24, 2.45) is 0 Å². The minimum Gasteiger partial charge on any atom is -0.462 e. The second kappa shape index (κ2) is 66.9. The number of quaternary nitrogens is 1. The van der Waals surface area contributed by atoms with Gasteiger partial charge in [0.1, 0.15) is 19.8 Å². The second-order valence-electron chi connectivity index (χ2n) is 26.0. The van der Waals surface area contributed by atoms with E-state index in [4.69, 9.17) is 18.5 Å². The van der Waals surface area contributed by atoms with Crippen molar-refractivity contribution in [3.05, 3.63) is 72.9 Å². The monoisotopic (exact) mass is 1230 g/mol. The molecule has 502 valence electrons. The zero-order valence-electron chi connectivity index (χ0n) is 57.3. The molecular formula is C76H141NO8P+. The number of carbonyl (C=O) groups excluding carboxylic acids is 2. The van der Waals surface area contributed by atoms with Gasteiger partial charge in [0.05, 0.1) is 27.7 Å². The summed E-state index contributed by atoms with van der Waals surface area (Å²) >= 11 is 0. The molecule has 0 aromatic rings. The van der Waals surface area contributed by atoms with Crippen molar-refractivity contribution in [3.63, 3.8) is 0 Å². The number of hydrogen-bond acceptors (Lipinski definition) is 7. The van der Waals surface area contributed by atoms with Crippen LogP contribution in [-0.4, -0.2) is 74.9 Å². The Kier molecular flexibility index (Phi) is 64.9. The molecule has 2 atom stereocenters. The van der Waals surface area contributed by atoms with Crippen molar-refractivity contribution in [3.8, 4) is 0 Å². The lowest BCUT2D eigenvalue weighted by molar-refractivity contribution is -0.870. The van der Waals surface area contributed by atoms with Gasteiger partial charge in [-0.1, -0.05) is 318 Å². The highest BCUT2D eigenvalue weighted by atomic mass is 31.2. The van der Waals surface area contributed by atoms with E-state index in [1.807, 2.05) is 21.1 Å². The first-order valence-electron chi connectivity index (χ1n) is 36.7. The summed E-state index contributed by atoms with van der Waals surface area (Å²) in [5.41, 5.74) is 0. The van der Waals surface area contributed by atoms with Crippen LogP contribution in [0.2, 0.25) is 0 Å². The number of nitrogens with zero attached hydrogens (tertiary/aromatic N) is 1. The van der Waals surface area contributed by atoms with E-state index < -0.39 is 26.5 Å². The Balaban J connectivity index is 4.01. The van der Waals surface area contributed by atoms with Crippen molar-refractivity contribution < 1.29 is 42.1 Å². The minimum atomic E-state index is -4.39. The van der Waals surface area contributed by atoms with E-state index in [0.29, 0.717) is 17.4 Å². The van der Waals surface area contributed by atoms with E-state index in [-0.39, 0.29) is 32.0 Å². The maximum absolute atomic E-state index is 12.9. The van der Waals surface area contributed by atoms with E-state index in [2.05, 4.69) is 86.8 Å². The van der Waals surface area contributed by atoms with Gasteiger partial charge in [0, 0.05) is 12.8 Å². The highest BCUT2D eigenvalue weighted by Gasteiger charge is 2.27. The van der Waals surface area contributed by atoms with Crippen molar-refractivity contribution >= 4 is 19.8 Å². The minimum absolute atomic E-state index is 0.0315. The van der Waals surface area contributed by atoms with Gasteiger partial charge >= 0.3 is 19.8 Å². The standard InChI is InChI=1S/C76H140NO8P/c1-6-8-10-12-14-16-18-20-22-24-26-28-30-32-34-36-38-40-42-44-46-48-50-52-54-56-58-60-62-64-66-68-75(78)82-72-74(73-84-86(80,81)83-71-70-77(3,4)5)85-76(79)69-67-65-63-61-59-57-55-53-51-49-47-45-43-41-39-37-35-33-31-29-27-25-23-21-19-17-15-13-11-9-7-2/h18-21,24-27,30-33,74H,6-17,22-23,28-29,34-73H2,1-5H3/p+1/b20-18-,21-19-,26-24-,27-25-,32-30-,33-31-. The van der Waals surface area contributed by atoms with E-state index in [1.165, 1.54) is 257 Å². The Morgan fingerprint density at radius 2 is 0.628 bits per heavy atom. The van der Waals surface area contributed by atoms with Gasteiger partial charge in [-0.05, 0) is 89.9 Å². The average molecular weight is 1230 g/mol. The Bertz CT molecular complexity index is 1680. The fourth-order valence-corrected chi connectivity index (χ4v) is 11.3. The molecule has 0 spiro atoms. The number of phosphoric acid groups is 1. The van der Waals surface area contributed by atoms with Gasteiger partial charge in [-0.15, -0.1) is 0 Å². The van der Waals surface area contributed by atoms with Crippen LogP contribution in [0.1, 0.15) is 348 Å². The summed E-state index contributed by atoms with van der Waals surface area (Å²) in [6, 6.07) is 0. The number of esters is 2. The highest BCUT2D eigenvalue weighted by Crippen LogP contribution is 2.43.